The molecule has 0 saturated heterocycles. The van der Waals surface area contributed by atoms with E-state index < -0.39 is 4.92 Å². The van der Waals surface area contributed by atoms with Crippen molar-refractivity contribution in [1.82, 2.24) is 0 Å². The van der Waals surface area contributed by atoms with Crippen molar-refractivity contribution in [2.24, 2.45) is 0 Å². The van der Waals surface area contributed by atoms with Crippen LogP contribution in [0, 0.1) is 10.1 Å². The Balaban J connectivity index is 3.20. The number of nitrogens with one attached hydrogen (secondary N) is 1. The summed E-state index contributed by atoms with van der Waals surface area (Å²) < 4.78 is 0. The van der Waals surface area contributed by atoms with Crippen molar-refractivity contribution >= 4 is 28.9 Å². The van der Waals surface area contributed by atoms with E-state index in [1.165, 1.54) is 12.1 Å². The fraction of sp³-hybridized carbons (Fsp3) is 0. The van der Waals surface area contributed by atoms with Gasteiger partial charge in [-0.15, -0.1) is 0 Å². The minimum atomic E-state index is -0.588. The molecule has 1 rings (SSSR count). The van der Waals surface area contributed by atoms with Crippen LogP contribution in [0.1, 0.15) is 0 Å². The third kappa shape index (κ3) is 1.78. The minimum absolute atomic E-state index is 0.0671. The number of aromatic amines is 1. The van der Waals surface area contributed by atoms with Gasteiger partial charge in [0.05, 0.1) is 4.92 Å². The third-order valence-electron chi connectivity index (χ3n) is 1.04. The van der Waals surface area contributed by atoms with Crippen LogP contribution in [0.3, 0.4) is 0 Å². The predicted octanol–water partition coefficient (Wildman–Crippen LogP) is 1.72. The van der Waals surface area contributed by atoms with Gasteiger partial charge in [-0.2, -0.15) is 4.98 Å². The molecule has 0 aliphatic heterocycles. The molecule has 1 aromatic heterocycles. The number of hydrogen-bond donors (Lipinski definition) is 0. The highest BCUT2D eigenvalue weighted by Gasteiger charge is 2.18. The smallest absolute Gasteiger partial charge is 0.258 e. The molecule has 58 valence electrons. The van der Waals surface area contributed by atoms with E-state index in [4.69, 9.17) is 23.2 Å². The summed E-state index contributed by atoms with van der Waals surface area (Å²) in [5.74, 6) is 0. The summed E-state index contributed by atoms with van der Waals surface area (Å²) in [6.07, 6.45) is 0. The Morgan fingerprint density at radius 1 is 1.45 bits per heavy atom. The Bertz CT molecular complexity index is 303. The molecule has 0 amide bonds. The Morgan fingerprint density at radius 2 is 2.09 bits per heavy atom. The number of nitro groups is 1. The highest BCUT2D eigenvalue weighted by atomic mass is 35.5. The summed E-state index contributed by atoms with van der Waals surface area (Å²) in [7, 11) is 0. The van der Waals surface area contributed by atoms with Gasteiger partial charge in [-0.1, -0.05) is 0 Å². The van der Waals surface area contributed by atoms with Crippen molar-refractivity contribution in [2.75, 3.05) is 0 Å². The van der Waals surface area contributed by atoms with E-state index in [0.717, 1.165) is 0 Å². The Morgan fingerprint density at radius 3 is 2.55 bits per heavy atom. The molecule has 1 aromatic rings. The molecule has 0 aliphatic carbocycles. The number of rotatable bonds is 1. The molecule has 0 unspecified atom stereocenters. The van der Waals surface area contributed by atoms with Gasteiger partial charge in [-0.3, -0.25) is 10.1 Å². The van der Waals surface area contributed by atoms with E-state index >= 15 is 0 Å². The van der Waals surface area contributed by atoms with Crippen LogP contribution in [0.4, 0.5) is 5.69 Å². The summed E-state index contributed by atoms with van der Waals surface area (Å²) in [6.45, 7) is 0. The molecule has 0 atom stereocenters. The lowest BCUT2D eigenvalue weighted by atomic mass is 10.4. The number of nitrogens with zero attached hydrogens (tertiary/aromatic N) is 1. The Hall–Kier alpha value is -0.870. The van der Waals surface area contributed by atoms with Crippen molar-refractivity contribution in [1.29, 1.82) is 0 Å². The van der Waals surface area contributed by atoms with Crippen LogP contribution >= 0.6 is 23.2 Å². The average molecular weight is 194 g/mol. The Kier molecular flexibility index (Phi) is 2.26. The molecule has 6 heteroatoms. The van der Waals surface area contributed by atoms with Gasteiger partial charge in [-0.05, 0) is 23.2 Å². The summed E-state index contributed by atoms with van der Waals surface area (Å²) in [4.78, 5) is 12.0. The zero-order valence-corrected chi connectivity index (χ0v) is 6.69. The van der Waals surface area contributed by atoms with Gasteiger partial charge >= 0.3 is 10.8 Å². The van der Waals surface area contributed by atoms with Crippen molar-refractivity contribution in [3.8, 4) is 0 Å². The first kappa shape index (κ1) is 8.23. The quantitative estimate of drug-likeness (QED) is 0.388. The van der Waals surface area contributed by atoms with E-state index in [-0.39, 0.29) is 16.0 Å². The summed E-state index contributed by atoms with van der Waals surface area (Å²) >= 11 is 10.9. The van der Waals surface area contributed by atoms with Crippen LogP contribution in [0.5, 0.6) is 0 Å². The lowest BCUT2D eigenvalue weighted by molar-refractivity contribution is -0.417. The fourth-order valence-corrected chi connectivity index (χ4v) is 1.02. The number of halogens is 2. The normalized spacial score (nSPS) is 9.64. The maximum atomic E-state index is 10.2. The molecule has 0 aromatic carbocycles. The molecule has 0 aliphatic rings. The largest absolute Gasteiger partial charge is 0.353 e. The molecule has 0 bridgehead atoms. The maximum Gasteiger partial charge on any atom is 0.353 e. The topological polar surface area (TPSA) is 57.3 Å². The predicted molar refractivity (Wildman–Crippen MR) is 39.7 cm³/mol. The number of aromatic nitrogens is 1. The zero-order valence-electron chi connectivity index (χ0n) is 5.17. The number of hydrogen-bond acceptors (Lipinski definition) is 2. The van der Waals surface area contributed by atoms with Crippen molar-refractivity contribution in [3.63, 3.8) is 0 Å². The molecule has 0 saturated carbocycles. The first-order valence-corrected chi connectivity index (χ1v) is 3.38. The van der Waals surface area contributed by atoms with Crippen molar-refractivity contribution < 1.29 is 9.91 Å². The third-order valence-corrected chi connectivity index (χ3v) is 1.55. The highest BCUT2D eigenvalue weighted by molar-refractivity contribution is 6.31. The van der Waals surface area contributed by atoms with E-state index in [1.54, 1.807) is 0 Å². The van der Waals surface area contributed by atoms with E-state index in [2.05, 4.69) is 4.98 Å². The average Bonchev–Trinajstić information content (AvgIpc) is 1.85. The van der Waals surface area contributed by atoms with Crippen molar-refractivity contribution in [2.45, 2.75) is 0 Å². The van der Waals surface area contributed by atoms with Gasteiger partial charge in [0.25, 0.3) is 5.15 Å². The molecule has 11 heavy (non-hydrogen) atoms. The maximum absolute atomic E-state index is 10.2. The molecular formula is C5H3Cl2N2O2+. The second-order valence-electron chi connectivity index (χ2n) is 1.76. The van der Waals surface area contributed by atoms with Crippen LogP contribution < -0.4 is 4.98 Å². The van der Waals surface area contributed by atoms with E-state index in [9.17, 15) is 10.1 Å². The first-order valence-electron chi connectivity index (χ1n) is 2.63. The summed E-state index contributed by atoms with van der Waals surface area (Å²) in [6, 6.07) is 2.60. The van der Waals surface area contributed by atoms with Crippen LogP contribution in [0.25, 0.3) is 0 Å². The monoisotopic (exact) mass is 193 g/mol. The highest BCUT2D eigenvalue weighted by Crippen LogP contribution is 2.19. The van der Waals surface area contributed by atoms with Crippen molar-refractivity contribution in [3.05, 3.63) is 32.6 Å². The zero-order chi connectivity index (χ0) is 8.43. The first-order chi connectivity index (χ1) is 5.11. The number of pyridine rings is 1. The Labute approximate surface area is 71.9 Å². The van der Waals surface area contributed by atoms with Gasteiger partial charge in [0.1, 0.15) is 0 Å². The molecule has 4 nitrogen and oxygen atoms in total. The van der Waals surface area contributed by atoms with E-state index in [1.807, 2.05) is 0 Å². The molecule has 0 fully saturated rings. The van der Waals surface area contributed by atoms with E-state index in [0.29, 0.717) is 0 Å². The van der Waals surface area contributed by atoms with Crippen LogP contribution in [-0.2, 0) is 0 Å². The lowest BCUT2D eigenvalue weighted by Gasteiger charge is -1.87. The van der Waals surface area contributed by atoms with Gasteiger partial charge in [0.15, 0.2) is 0 Å². The minimum Gasteiger partial charge on any atom is -0.258 e. The SMILES string of the molecule is O=[N+]([O-])c1ccc(Cl)[nH+]c1Cl. The molecule has 0 radical (unpaired) electrons. The summed E-state index contributed by atoms with van der Waals surface area (Å²) in [5.41, 5.74) is -0.184. The molecule has 0 spiro atoms. The van der Waals surface area contributed by atoms with Gasteiger partial charge in [0, 0.05) is 12.1 Å². The lowest BCUT2D eigenvalue weighted by Crippen LogP contribution is -2.07. The standard InChI is InChI=1S/C5H2Cl2N2O2/c6-4-2-1-3(9(10)11)5(7)8-4/h1-2H/p+1. The van der Waals surface area contributed by atoms with Gasteiger partial charge in [-0.25, -0.2) is 0 Å². The second-order valence-corrected chi connectivity index (χ2v) is 2.55. The molecule has 1 N–H and O–H groups in total. The molecular weight excluding hydrogens is 191 g/mol. The van der Waals surface area contributed by atoms with Crippen LogP contribution in [0.2, 0.25) is 10.3 Å². The van der Waals surface area contributed by atoms with Gasteiger partial charge < -0.3 is 0 Å². The second kappa shape index (κ2) is 3.02. The molecule has 1 heterocycles. The van der Waals surface area contributed by atoms with Crippen LogP contribution in [0.15, 0.2) is 12.1 Å². The number of H-pyrrole nitrogens is 1. The van der Waals surface area contributed by atoms with Crippen LogP contribution in [-0.4, -0.2) is 4.92 Å². The summed E-state index contributed by atoms with van der Waals surface area (Å²) in [5, 5.41) is 10.4. The fourth-order valence-electron chi connectivity index (χ4n) is 0.577. The van der Waals surface area contributed by atoms with Gasteiger partial charge in [0.2, 0.25) is 0 Å².